The molecule has 0 heterocycles. The van der Waals surface area contributed by atoms with E-state index in [1.807, 2.05) is 36.4 Å². The highest BCUT2D eigenvalue weighted by molar-refractivity contribution is 7.80. The monoisotopic (exact) mass is 244 g/mol. The molecule has 3 heteroatoms. The van der Waals surface area contributed by atoms with Crippen LogP contribution in [0.1, 0.15) is 15.9 Å². The summed E-state index contributed by atoms with van der Waals surface area (Å²) in [7, 11) is 0. The molecule has 2 rings (SSSR count). The molecule has 0 unspecified atom stereocenters. The third-order valence-corrected chi connectivity index (χ3v) is 2.74. The third kappa shape index (κ3) is 2.68. The maximum atomic E-state index is 10.8. The van der Waals surface area contributed by atoms with Crippen LogP contribution in [0.3, 0.4) is 0 Å². The highest BCUT2D eigenvalue weighted by Crippen LogP contribution is 2.18. The van der Waals surface area contributed by atoms with Gasteiger partial charge in [0.1, 0.15) is 0 Å². The van der Waals surface area contributed by atoms with Crippen molar-refractivity contribution in [2.75, 3.05) is 5.75 Å². The van der Waals surface area contributed by atoms with Gasteiger partial charge >= 0.3 is 5.97 Å². The molecule has 2 aromatic carbocycles. The van der Waals surface area contributed by atoms with Crippen LogP contribution < -0.4 is 0 Å². The molecule has 0 amide bonds. The lowest BCUT2D eigenvalue weighted by molar-refractivity contribution is 0.0697. The number of carbonyl (C=O) groups is 1. The SMILES string of the molecule is O=C(O)c1ccc2cc(C=CCS)ccc2c1. The first kappa shape index (κ1) is 11.7. The lowest BCUT2D eigenvalue weighted by Crippen LogP contribution is -1.95. The van der Waals surface area contributed by atoms with Crippen molar-refractivity contribution in [2.24, 2.45) is 0 Å². The van der Waals surface area contributed by atoms with Gasteiger partial charge in [-0.2, -0.15) is 12.6 Å². The standard InChI is InChI=1S/C14H12O2S/c15-14(16)13-6-5-11-8-10(2-1-7-17)3-4-12(11)9-13/h1-6,8-9,17H,7H2,(H,15,16). The largest absolute Gasteiger partial charge is 0.478 e. The lowest BCUT2D eigenvalue weighted by Gasteiger charge is -2.01. The van der Waals surface area contributed by atoms with E-state index in [1.54, 1.807) is 12.1 Å². The molecule has 1 N–H and O–H groups in total. The minimum Gasteiger partial charge on any atom is -0.478 e. The summed E-state index contributed by atoms with van der Waals surface area (Å²) in [6, 6.07) is 11.1. The topological polar surface area (TPSA) is 37.3 Å². The Bertz CT molecular complexity index is 588. The summed E-state index contributed by atoms with van der Waals surface area (Å²) >= 11 is 4.11. The van der Waals surface area contributed by atoms with E-state index < -0.39 is 5.97 Å². The molecule has 2 aromatic rings. The number of hydrogen-bond acceptors (Lipinski definition) is 2. The van der Waals surface area contributed by atoms with E-state index in [2.05, 4.69) is 12.6 Å². The summed E-state index contributed by atoms with van der Waals surface area (Å²) in [5.41, 5.74) is 1.41. The molecule has 0 aliphatic heterocycles. The van der Waals surface area contributed by atoms with Crippen molar-refractivity contribution in [3.8, 4) is 0 Å². The highest BCUT2D eigenvalue weighted by Gasteiger charge is 2.03. The van der Waals surface area contributed by atoms with Crippen LogP contribution in [0.5, 0.6) is 0 Å². The van der Waals surface area contributed by atoms with Crippen molar-refractivity contribution in [2.45, 2.75) is 0 Å². The number of fused-ring (bicyclic) bond motifs is 1. The third-order valence-electron chi connectivity index (χ3n) is 2.53. The molecule has 17 heavy (non-hydrogen) atoms. The second-order valence-electron chi connectivity index (χ2n) is 3.71. The lowest BCUT2D eigenvalue weighted by atomic mass is 10.0. The number of carboxylic acid groups (broad SMARTS) is 1. The van der Waals surface area contributed by atoms with Crippen molar-refractivity contribution < 1.29 is 9.90 Å². The van der Waals surface area contributed by atoms with Crippen LogP contribution in [0.15, 0.2) is 42.5 Å². The summed E-state index contributed by atoms with van der Waals surface area (Å²) in [6.45, 7) is 0. The summed E-state index contributed by atoms with van der Waals surface area (Å²) in [5.74, 6) is -0.193. The van der Waals surface area contributed by atoms with E-state index in [1.165, 1.54) is 0 Å². The number of rotatable bonds is 3. The Morgan fingerprint density at radius 3 is 2.59 bits per heavy atom. The predicted octanol–water partition coefficient (Wildman–Crippen LogP) is 3.48. The molecule has 2 nitrogen and oxygen atoms in total. The Labute approximate surface area is 105 Å². The van der Waals surface area contributed by atoms with Crippen LogP contribution in [0.4, 0.5) is 0 Å². The fraction of sp³-hybridized carbons (Fsp3) is 0.0714. The van der Waals surface area contributed by atoms with E-state index in [4.69, 9.17) is 5.11 Å². The Hall–Kier alpha value is -1.74. The fourth-order valence-corrected chi connectivity index (χ4v) is 1.80. The average Bonchev–Trinajstić information content (AvgIpc) is 2.35. The number of thiol groups is 1. The van der Waals surface area contributed by atoms with Gasteiger partial charge in [0.25, 0.3) is 0 Å². The molecule has 0 bridgehead atoms. The van der Waals surface area contributed by atoms with E-state index in [0.29, 0.717) is 11.3 Å². The van der Waals surface area contributed by atoms with Crippen LogP contribution in [0.2, 0.25) is 0 Å². The molecule has 0 aliphatic rings. The van der Waals surface area contributed by atoms with Crippen molar-refractivity contribution in [1.29, 1.82) is 0 Å². The van der Waals surface area contributed by atoms with Crippen LogP contribution in [-0.2, 0) is 0 Å². The second kappa shape index (κ2) is 5.06. The molecule has 86 valence electrons. The Morgan fingerprint density at radius 2 is 1.88 bits per heavy atom. The molecule has 0 spiro atoms. The molecule has 0 saturated carbocycles. The van der Waals surface area contributed by atoms with E-state index >= 15 is 0 Å². The first-order valence-electron chi connectivity index (χ1n) is 5.25. The van der Waals surface area contributed by atoms with Gasteiger partial charge in [0, 0.05) is 5.75 Å². The van der Waals surface area contributed by atoms with Crippen LogP contribution in [0.25, 0.3) is 16.8 Å². The van der Waals surface area contributed by atoms with E-state index in [0.717, 1.165) is 16.3 Å². The Kier molecular flexibility index (Phi) is 3.49. The van der Waals surface area contributed by atoms with Crippen molar-refractivity contribution in [1.82, 2.24) is 0 Å². The molecular formula is C14H12O2S. The molecule has 0 aliphatic carbocycles. The Morgan fingerprint density at radius 1 is 1.18 bits per heavy atom. The molecule has 0 fully saturated rings. The predicted molar refractivity (Wildman–Crippen MR) is 73.8 cm³/mol. The minimum absolute atomic E-state index is 0.316. The Balaban J connectivity index is 2.46. The number of aromatic carboxylic acids is 1. The van der Waals surface area contributed by atoms with E-state index in [-0.39, 0.29) is 0 Å². The first-order chi connectivity index (χ1) is 8.20. The van der Waals surface area contributed by atoms with Crippen LogP contribution in [-0.4, -0.2) is 16.8 Å². The van der Waals surface area contributed by atoms with E-state index in [9.17, 15) is 4.79 Å². The van der Waals surface area contributed by atoms with Gasteiger partial charge in [-0.1, -0.05) is 30.4 Å². The van der Waals surface area contributed by atoms with Crippen LogP contribution >= 0.6 is 12.6 Å². The molecule has 0 aromatic heterocycles. The smallest absolute Gasteiger partial charge is 0.335 e. The number of hydrogen-bond donors (Lipinski definition) is 2. The van der Waals surface area contributed by atoms with Gasteiger partial charge < -0.3 is 5.11 Å². The first-order valence-corrected chi connectivity index (χ1v) is 5.88. The zero-order valence-electron chi connectivity index (χ0n) is 9.13. The van der Waals surface area contributed by atoms with Gasteiger partial charge in [0.15, 0.2) is 0 Å². The zero-order valence-corrected chi connectivity index (χ0v) is 10.0. The summed E-state index contributed by atoms with van der Waals surface area (Å²) in [5, 5.41) is 10.9. The second-order valence-corrected chi connectivity index (χ2v) is 4.08. The normalized spacial score (nSPS) is 11.1. The maximum absolute atomic E-state index is 10.8. The van der Waals surface area contributed by atoms with Crippen molar-refractivity contribution in [3.05, 3.63) is 53.6 Å². The van der Waals surface area contributed by atoms with Crippen LogP contribution in [0, 0.1) is 0 Å². The van der Waals surface area contributed by atoms with Crippen molar-refractivity contribution >= 4 is 35.4 Å². The van der Waals surface area contributed by atoms with Gasteiger partial charge in [-0.25, -0.2) is 4.79 Å². The summed E-state index contributed by atoms with van der Waals surface area (Å²) < 4.78 is 0. The number of benzene rings is 2. The summed E-state index contributed by atoms with van der Waals surface area (Å²) in [6.07, 6.45) is 3.97. The molecule has 0 radical (unpaired) electrons. The zero-order chi connectivity index (χ0) is 12.3. The fourth-order valence-electron chi connectivity index (χ4n) is 1.69. The number of carboxylic acids is 1. The quantitative estimate of drug-likeness (QED) is 0.811. The minimum atomic E-state index is -0.897. The van der Waals surface area contributed by atoms with Gasteiger partial charge in [-0.3, -0.25) is 0 Å². The molecule has 0 saturated heterocycles. The summed E-state index contributed by atoms with van der Waals surface area (Å²) in [4.78, 5) is 10.8. The van der Waals surface area contributed by atoms with Crippen molar-refractivity contribution in [3.63, 3.8) is 0 Å². The molecule has 0 atom stereocenters. The van der Waals surface area contributed by atoms with Gasteiger partial charge in [0.05, 0.1) is 5.56 Å². The van der Waals surface area contributed by atoms with Gasteiger partial charge in [-0.05, 0) is 34.5 Å². The van der Waals surface area contributed by atoms with Gasteiger partial charge in [0.2, 0.25) is 0 Å². The van der Waals surface area contributed by atoms with Gasteiger partial charge in [-0.15, -0.1) is 0 Å². The highest BCUT2D eigenvalue weighted by atomic mass is 32.1. The maximum Gasteiger partial charge on any atom is 0.335 e. The molecular weight excluding hydrogens is 232 g/mol. The average molecular weight is 244 g/mol.